The highest BCUT2D eigenvalue weighted by Crippen LogP contribution is 2.27. The zero-order valence-corrected chi connectivity index (χ0v) is 21.0. The number of benzene rings is 2. The van der Waals surface area contributed by atoms with Crippen molar-refractivity contribution < 1.29 is 9.48 Å². The number of urea groups is 1. The summed E-state index contributed by atoms with van der Waals surface area (Å²) < 4.78 is 2.40. The fourth-order valence-electron chi connectivity index (χ4n) is 4.26. The molecule has 0 saturated heterocycles. The highest BCUT2D eigenvalue weighted by atomic mass is 16.2. The van der Waals surface area contributed by atoms with Gasteiger partial charge in [0, 0.05) is 25.2 Å². The number of carbonyl (C=O) groups is 1. The molecule has 0 spiro atoms. The van der Waals surface area contributed by atoms with Crippen LogP contribution in [0.15, 0.2) is 58.4 Å². The van der Waals surface area contributed by atoms with Gasteiger partial charge < -0.3 is 0 Å². The molecule has 4 bridgehead atoms. The van der Waals surface area contributed by atoms with Crippen molar-refractivity contribution >= 4 is 33.4 Å². The minimum absolute atomic E-state index is 0.313. The molecule has 0 unspecified atom stereocenters. The van der Waals surface area contributed by atoms with Crippen LogP contribution in [-0.4, -0.2) is 50.9 Å². The number of hydrogen-bond donors (Lipinski definition) is 1. The first-order valence-corrected chi connectivity index (χ1v) is 11.4. The lowest BCUT2D eigenvalue weighted by atomic mass is 9.98. The lowest BCUT2D eigenvalue weighted by molar-refractivity contribution is -0.749. The fourth-order valence-corrected chi connectivity index (χ4v) is 4.26. The summed E-state index contributed by atoms with van der Waals surface area (Å²) in [4.78, 5) is 24.1. The summed E-state index contributed by atoms with van der Waals surface area (Å²) in [5.74, 6) is 0.766. The SMILES string of the molecule is CN1N=C(c2cc3ccc4cc(-c5nn(C)c(=O)[n+](C)n5)cc(ccc(c2)c3C#N)c4C#N)NN(C)C1=O. The van der Waals surface area contributed by atoms with Crippen LogP contribution < -0.4 is 15.8 Å². The van der Waals surface area contributed by atoms with Gasteiger partial charge in [-0.25, -0.2) is 14.8 Å². The van der Waals surface area contributed by atoms with E-state index in [1.165, 1.54) is 19.4 Å². The third-order valence-corrected chi connectivity index (χ3v) is 6.17. The molecule has 0 atom stereocenters. The third kappa shape index (κ3) is 4.06. The number of hydrazone groups is 1. The largest absolute Gasteiger partial charge is 0.539 e. The topological polar surface area (TPSA) is 147 Å². The van der Waals surface area contributed by atoms with E-state index in [-0.39, 0.29) is 11.7 Å². The highest BCUT2D eigenvalue weighted by molar-refractivity contribution is 6.04. The number of hydrazine groups is 1. The summed E-state index contributed by atoms with van der Waals surface area (Å²) in [6.45, 7) is 0. The molecule has 1 aromatic heterocycles. The van der Waals surface area contributed by atoms with Gasteiger partial charge in [-0.1, -0.05) is 43.8 Å². The van der Waals surface area contributed by atoms with Gasteiger partial charge in [-0.15, -0.1) is 5.10 Å². The minimum Gasteiger partial charge on any atom is -0.276 e. The summed E-state index contributed by atoms with van der Waals surface area (Å²) in [5, 5.41) is 37.8. The molecule has 0 radical (unpaired) electrons. The Kier molecular flexibility index (Phi) is 5.78. The molecule has 12 heteroatoms. The molecule has 186 valence electrons. The van der Waals surface area contributed by atoms with Gasteiger partial charge in [0.05, 0.1) is 11.1 Å². The first-order valence-electron chi connectivity index (χ1n) is 11.4. The molecule has 4 aromatic rings. The number of carbonyl (C=O) groups excluding carboxylic acids is 1. The summed E-state index contributed by atoms with van der Waals surface area (Å²) >= 11 is 0. The van der Waals surface area contributed by atoms with E-state index in [1.54, 1.807) is 76.7 Å². The first kappa shape index (κ1) is 24.1. The lowest BCUT2D eigenvalue weighted by Gasteiger charge is -2.29. The molecule has 3 aromatic carbocycles. The summed E-state index contributed by atoms with van der Waals surface area (Å²) in [6.07, 6.45) is 0. The molecule has 1 N–H and O–H groups in total. The molecule has 2 amide bonds. The predicted molar refractivity (Wildman–Crippen MR) is 138 cm³/mol. The Bertz CT molecular complexity index is 1790. The van der Waals surface area contributed by atoms with Gasteiger partial charge >= 0.3 is 11.7 Å². The van der Waals surface area contributed by atoms with Crippen LogP contribution in [0.1, 0.15) is 16.7 Å². The third-order valence-electron chi connectivity index (χ3n) is 6.17. The Morgan fingerprint density at radius 1 is 0.842 bits per heavy atom. The van der Waals surface area contributed by atoms with Crippen molar-refractivity contribution in [2.75, 3.05) is 14.1 Å². The minimum atomic E-state index is -0.367. The van der Waals surface area contributed by atoms with Crippen molar-refractivity contribution in [1.82, 2.24) is 30.3 Å². The Morgan fingerprint density at radius 2 is 1.34 bits per heavy atom. The Balaban J connectivity index is 1.80. The molecule has 0 fully saturated rings. The van der Waals surface area contributed by atoms with Crippen molar-refractivity contribution in [3.8, 4) is 23.5 Å². The van der Waals surface area contributed by atoms with Crippen LogP contribution in [-0.2, 0) is 14.1 Å². The number of rotatable bonds is 2. The second-order valence-corrected chi connectivity index (χ2v) is 8.73. The number of amides is 2. The van der Waals surface area contributed by atoms with E-state index in [2.05, 4.69) is 32.9 Å². The zero-order chi connectivity index (χ0) is 27.1. The second kappa shape index (κ2) is 9.11. The molecule has 0 aliphatic carbocycles. The van der Waals surface area contributed by atoms with Crippen LogP contribution >= 0.6 is 0 Å². The van der Waals surface area contributed by atoms with E-state index in [9.17, 15) is 20.1 Å². The molecule has 0 saturated carbocycles. The molecule has 5 rings (SSSR count). The van der Waals surface area contributed by atoms with Crippen molar-refractivity contribution in [3.63, 3.8) is 0 Å². The van der Waals surface area contributed by atoms with Crippen LogP contribution in [0.2, 0.25) is 0 Å². The van der Waals surface area contributed by atoms with Gasteiger partial charge in [0.1, 0.15) is 26.2 Å². The van der Waals surface area contributed by atoms with E-state index in [0.29, 0.717) is 55.5 Å². The first-order chi connectivity index (χ1) is 18.2. The standard InChI is InChI=1S/C26H21N10O2/c1-33-25(37)34(2)30-23(29-33)19-9-15-5-7-17-11-20(24-31-35(3)26(38)36(4)32-24)12-18(22(17)14-28)8-6-16(10-19)21(15)13-27/h5-12H,1-4H3,(H,29,30)/q+1. The van der Waals surface area contributed by atoms with Crippen LogP contribution in [0.4, 0.5) is 4.79 Å². The van der Waals surface area contributed by atoms with E-state index < -0.39 is 0 Å². The molecular weight excluding hydrogens is 484 g/mol. The van der Waals surface area contributed by atoms with Crippen LogP contribution in [0.3, 0.4) is 0 Å². The van der Waals surface area contributed by atoms with E-state index in [4.69, 9.17) is 0 Å². The number of nitrogens with one attached hydrogen (secondary N) is 1. The lowest BCUT2D eigenvalue weighted by Crippen LogP contribution is -2.54. The van der Waals surface area contributed by atoms with E-state index in [1.807, 2.05) is 0 Å². The molecule has 12 nitrogen and oxygen atoms in total. The van der Waals surface area contributed by atoms with Crippen molar-refractivity contribution in [2.45, 2.75) is 0 Å². The number of nitrogens with zero attached hydrogens (tertiary/aromatic N) is 9. The summed E-state index contributed by atoms with van der Waals surface area (Å²) in [5.41, 5.74) is 4.78. The smallest absolute Gasteiger partial charge is 0.276 e. The maximum absolute atomic E-state index is 12.1. The highest BCUT2D eigenvalue weighted by Gasteiger charge is 2.23. The van der Waals surface area contributed by atoms with Gasteiger partial charge in [0.15, 0.2) is 5.84 Å². The van der Waals surface area contributed by atoms with Crippen molar-refractivity contribution in [2.24, 2.45) is 19.2 Å². The van der Waals surface area contributed by atoms with Crippen molar-refractivity contribution in [3.05, 3.63) is 75.7 Å². The molecular formula is C26H21N10O2+. The number of amidine groups is 1. The van der Waals surface area contributed by atoms with Crippen LogP contribution in [0.5, 0.6) is 0 Å². The number of hydrogen-bond acceptors (Lipinski definition) is 8. The fraction of sp³-hybridized carbons (Fsp3) is 0.154. The van der Waals surface area contributed by atoms with Gasteiger partial charge in [0.25, 0.3) is 0 Å². The number of fused-ring (bicyclic) bond motifs is 4. The zero-order valence-electron chi connectivity index (χ0n) is 21.0. The number of aryl methyl sites for hydroxylation is 2. The van der Waals surface area contributed by atoms with Crippen LogP contribution in [0.25, 0.3) is 32.9 Å². The summed E-state index contributed by atoms with van der Waals surface area (Å²) in [7, 11) is 6.24. The van der Waals surface area contributed by atoms with Gasteiger partial charge in [-0.05, 0) is 45.8 Å². The Labute approximate surface area is 216 Å². The quantitative estimate of drug-likeness (QED) is 0.406. The average Bonchev–Trinajstić information content (AvgIpc) is 2.90. The normalized spacial score (nSPS) is 13.1. The predicted octanol–water partition coefficient (Wildman–Crippen LogP) is 1.44. The molecule has 1 aliphatic rings. The van der Waals surface area contributed by atoms with E-state index >= 15 is 0 Å². The number of aromatic nitrogens is 4. The number of nitriles is 2. The average molecular weight is 506 g/mol. The molecule has 2 heterocycles. The van der Waals surface area contributed by atoms with Crippen LogP contribution in [0, 0.1) is 22.7 Å². The Hall–Kier alpha value is -5.62. The summed E-state index contributed by atoms with van der Waals surface area (Å²) in [6, 6.07) is 18.4. The maximum Gasteiger partial charge on any atom is 0.539 e. The van der Waals surface area contributed by atoms with Gasteiger partial charge in [-0.3, -0.25) is 5.43 Å². The van der Waals surface area contributed by atoms with Crippen molar-refractivity contribution in [1.29, 1.82) is 10.5 Å². The van der Waals surface area contributed by atoms with E-state index in [0.717, 1.165) is 0 Å². The maximum atomic E-state index is 12.1. The second-order valence-electron chi connectivity index (χ2n) is 8.73. The molecule has 1 aliphatic heterocycles. The molecule has 38 heavy (non-hydrogen) atoms. The Morgan fingerprint density at radius 3 is 1.79 bits per heavy atom. The monoisotopic (exact) mass is 505 g/mol. The van der Waals surface area contributed by atoms with Gasteiger partial charge in [-0.2, -0.15) is 15.3 Å². The van der Waals surface area contributed by atoms with Gasteiger partial charge in [0.2, 0.25) is 5.82 Å².